The summed E-state index contributed by atoms with van der Waals surface area (Å²) in [5.74, 6) is 1.56. The predicted octanol–water partition coefficient (Wildman–Crippen LogP) is 3.95. The minimum absolute atomic E-state index is 0.0982. The smallest absolute Gasteiger partial charge is 0.0498 e. The van der Waals surface area contributed by atoms with Crippen LogP contribution < -0.4 is 11.1 Å². The molecule has 0 aliphatic heterocycles. The summed E-state index contributed by atoms with van der Waals surface area (Å²) in [5.41, 5.74) is 8.74. The summed E-state index contributed by atoms with van der Waals surface area (Å²) in [7, 11) is 0. The Balaban J connectivity index is 2.13. The second kappa shape index (κ2) is 5.96. The van der Waals surface area contributed by atoms with E-state index < -0.39 is 0 Å². The summed E-state index contributed by atoms with van der Waals surface area (Å²) >= 11 is 0. The highest BCUT2D eigenvalue weighted by atomic mass is 15.0. The van der Waals surface area contributed by atoms with Crippen molar-refractivity contribution < 1.29 is 0 Å². The van der Waals surface area contributed by atoms with Crippen LogP contribution in [0.15, 0.2) is 24.3 Å². The van der Waals surface area contributed by atoms with Crippen LogP contribution in [-0.4, -0.2) is 12.1 Å². The van der Waals surface area contributed by atoms with Crippen molar-refractivity contribution in [1.29, 1.82) is 0 Å². The van der Waals surface area contributed by atoms with Crippen LogP contribution in [0.4, 0.5) is 5.69 Å². The standard InChI is InChI=1S/C17H28N2/c1-13(2)15-7-5-9-17(11-15,12-18)19-16-8-4-6-14(3)10-16/h4,6,8,10,13,15,19H,5,7,9,11-12,18H2,1-3H3. The molecule has 1 aliphatic carbocycles. The van der Waals surface area contributed by atoms with Crippen LogP contribution in [0.3, 0.4) is 0 Å². The fourth-order valence-electron chi connectivity index (χ4n) is 3.36. The Kier molecular flexibility index (Phi) is 4.51. The molecule has 1 aromatic carbocycles. The first-order valence-electron chi connectivity index (χ1n) is 7.59. The van der Waals surface area contributed by atoms with Gasteiger partial charge in [-0.25, -0.2) is 0 Å². The predicted molar refractivity (Wildman–Crippen MR) is 83.4 cm³/mol. The van der Waals surface area contributed by atoms with E-state index in [1.807, 2.05) is 0 Å². The van der Waals surface area contributed by atoms with Crippen LogP contribution in [0.5, 0.6) is 0 Å². The van der Waals surface area contributed by atoms with Gasteiger partial charge in [0.2, 0.25) is 0 Å². The molecule has 0 aromatic heterocycles. The van der Waals surface area contributed by atoms with Crippen LogP contribution in [-0.2, 0) is 0 Å². The lowest BCUT2D eigenvalue weighted by Gasteiger charge is -2.43. The SMILES string of the molecule is Cc1cccc(NC2(CN)CCCC(C(C)C)C2)c1. The Labute approximate surface area is 117 Å². The molecule has 2 heteroatoms. The van der Waals surface area contributed by atoms with Gasteiger partial charge < -0.3 is 11.1 Å². The van der Waals surface area contributed by atoms with Gasteiger partial charge in [0.15, 0.2) is 0 Å². The third-order valence-electron chi connectivity index (χ3n) is 4.64. The summed E-state index contributed by atoms with van der Waals surface area (Å²) in [6.07, 6.45) is 5.05. The van der Waals surface area contributed by atoms with Crippen LogP contribution >= 0.6 is 0 Å². The fraction of sp³-hybridized carbons (Fsp3) is 0.647. The molecule has 2 atom stereocenters. The Bertz CT molecular complexity index is 413. The number of nitrogens with two attached hydrogens (primary N) is 1. The Morgan fingerprint density at radius 1 is 1.42 bits per heavy atom. The fourth-order valence-corrected chi connectivity index (χ4v) is 3.36. The first-order chi connectivity index (χ1) is 9.04. The Morgan fingerprint density at radius 3 is 2.84 bits per heavy atom. The molecule has 1 aromatic rings. The molecule has 3 N–H and O–H groups in total. The molecule has 2 nitrogen and oxygen atoms in total. The monoisotopic (exact) mass is 260 g/mol. The van der Waals surface area contributed by atoms with Crippen LogP contribution in [0.1, 0.15) is 45.1 Å². The summed E-state index contributed by atoms with van der Waals surface area (Å²) in [6.45, 7) is 7.54. The van der Waals surface area contributed by atoms with Gasteiger partial charge in [0.1, 0.15) is 0 Å². The molecule has 0 saturated heterocycles. The number of hydrogen-bond donors (Lipinski definition) is 2. The summed E-state index contributed by atoms with van der Waals surface area (Å²) in [4.78, 5) is 0. The quantitative estimate of drug-likeness (QED) is 0.860. The third kappa shape index (κ3) is 3.50. The van der Waals surface area contributed by atoms with Gasteiger partial charge in [-0.3, -0.25) is 0 Å². The molecule has 2 unspecified atom stereocenters. The van der Waals surface area contributed by atoms with Crippen molar-refractivity contribution in [2.45, 2.75) is 52.0 Å². The maximum Gasteiger partial charge on any atom is 0.0498 e. The number of hydrogen-bond acceptors (Lipinski definition) is 2. The van der Waals surface area contributed by atoms with Crippen molar-refractivity contribution in [3.8, 4) is 0 Å². The van der Waals surface area contributed by atoms with Gasteiger partial charge in [0, 0.05) is 17.8 Å². The van der Waals surface area contributed by atoms with Crippen LogP contribution in [0.25, 0.3) is 0 Å². The zero-order valence-corrected chi connectivity index (χ0v) is 12.6. The molecule has 1 fully saturated rings. The van der Waals surface area contributed by atoms with Gasteiger partial charge in [-0.2, -0.15) is 0 Å². The second-order valence-corrected chi connectivity index (χ2v) is 6.58. The van der Waals surface area contributed by atoms with E-state index in [9.17, 15) is 0 Å². The topological polar surface area (TPSA) is 38.0 Å². The van der Waals surface area contributed by atoms with Crippen LogP contribution in [0.2, 0.25) is 0 Å². The molecule has 19 heavy (non-hydrogen) atoms. The molecule has 1 aliphatic rings. The van der Waals surface area contributed by atoms with E-state index in [0.717, 1.165) is 18.4 Å². The maximum atomic E-state index is 6.12. The molecule has 0 bridgehead atoms. The molecular weight excluding hydrogens is 232 g/mol. The van der Waals surface area contributed by atoms with Crippen molar-refractivity contribution in [3.05, 3.63) is 29.8 Å². The summed E-state index contributed by atoms with van der Waals surface area (Å²) in [5, 5.41) is 3.74. The molecule has 106 valence electrons. The van der Waals surface area contributed by atoms with Gasteiger partial charge in [-0.1, -0.05) is 38.8 Å². The second-order valence-electron chi connectivity index (χ2n) is 6.58. The molecule has 0 spiro atoms. The van der Waals surface area contributed by atoms with Gasteiger partial charge in [-0.15, -0.1) is 0 Å². The van der Waals surface area contributed by atoms with Crippen LogP contribution in [0, 0.1) is 18.8 Å². The zero-order valence-electron chi connectivity index (χ0n) is 12.6. The van der Waals surface area contributed by atoms with Crippen molar-refractivity contribution in [1.82, 2.24) is 0 Å². The number of benzene rings is 1. The van der Waals surface area contributed by atoms with Crippen molar-refractivity contribution in [3.63, 3.8) is 0 Å². The number of aryl methyl sites for hydroxylation is 1. The van der Waals surface area contributed by atoms with E-state index in [1.54, 1.807) is 0 Å². The molecule has 0 amide bonds. The molecule has 0 radical (unpaired) electrons. The lowest BCUT2D eigenvalue weighted by molar-refractivity contribution is 0.203. The van der Waals surface area contributed by atoms with Crippen molar-refractivity contribution in [2.75, 3.05) is 11.9 Å². The molecular formula is C17H28N2. The van der Waals surface area contributed by atoms with E-state index in [4.69, 9.17) is 5.73 Å². The van der Waals surface area contributed by atoms with Crippen molar-refractivity contribution >= 4 is 5.69 Å². The van der Waals surface area contributed by atoms with Crippen molar-refractivity contribution in [2.24, 2.45) is 17.6 Å². The Hall–Kier alpha value is -1.02. The lowest BCUT2D eigenvalue weighted by atomic mass is 9.71. The Morgan fingerprint density at radius 2 is 2.21 bits per heavy atom. The first kappa shape index (κ1) is 14.4. The summed E-state index contributed by atoms with van der Waals surface area (Å²) in [6, 6.07) is 8.63. The van der Waals surface area contributed by atoms with E-state index in [2.05, 4.69) is 50.4 Å². The number of rotatable bonds is 4. The largest absolute Gasteiger partial charge is 0.378 e. The lowest BCUT2D eigenvalue weighted by Crippen LogP contribution is -2.49. The number of anilines is 1. The number of nitrogens with one attached hydrogen (secondary N) is 1. The molecule has 0 heterocycles. The highest BCUT2D eigenvalue weighted by Gasteiger charge is 2.36. The minimum Gasteiger partial charge on any atom is -0.378 e. The van der Waals surface area contributed by atoms with Gasteiger partial charge in [0.25, 0.3) is 0 Å². The molecule has 1 saturated carbocycles. The van der Waals surface area contributed by atoms with E-state index in [0.29, 0.717) is 0 Å². The zero-order chi connectivity index (χ0) is 13.9. The van der Waals surface area contributed by atoms with Gasteiger partial charge >= 0.3 is 0 Å². The first-order valence-corrected chi connectivity index (χ1v) is 7.59. The van der Waals surface area contributed by atoms with E-state index in [1.165, 1.54) is 36.9 Å². The average Bonchev–Trinajstić information content (AvgIpc) is 2.39. The van der Waals surface area contributed by atoms with E-state index >= 15 is 0 Å². The minimum atomic E-state index is 0.0982. The maximum absolute atomic E-state index is 6.12. The average molecular weight is 260 g/mol. The highest BCUT2D eigenvalue weighted by Crippen LogP contribution is 2.38. The molecule has 2 rings (SSSR count). The highest BCUT2D eigenvalue weighted by molar-refractivity contribution is 5.48. The summed E-state index contributed by atoms with van der Waals surface area (Å²) < 4.78 is 0. The van der Waals surface area contributed by atoms with E-state index in [-0.39, 0.29) is 5.54 Å². The van der Waals surface area contributed by atoms with Gasteiger partial charge in [-0.05, 0) is 49.3 Å². The van der Waals surface area contributed by atoms with Gasteiger partial charge in [0.05, 0.1) is 0 Å². The third-order valence-corrected chi connectivity index (χ3v) is 4.64. The normalized spacial score (nSPS) is 27.5.